The van der Waals surface area contributed by atoms with Crippen LogP contribution in [-0.2, 0) is 6.54 Å². The van der Waals surface area contributed by atoms with E-state index in [1.165, 1.54) is 0 Å². The molecular weight excluding hydrogens is 316 g/mol. The van der Waals surface area contributed by atoms with Crippen LogP contribution in [0.4, 0.5) is 5.69 Å². The molecule has 25 heavy (non-hydrogen) atoms. The van der Waals surface area contributed by atoms with Crippen LogP contribution >= 0.6 is 0 Å². The second-order valence-electron chi connectivity index (χ2n) is 5.76. The van der Waals surface area contributed by atoms with E-state index in [1.807, 2.05) is 42.7 Å². The number of hydrogen-bond donors (Lipinski definition) is 1. The van der Waals surface area contributed by atoms with Crippen molar-refractivity contribution < 1.29 is 14.3 Å². The molecule has 130 valence electrons. The summed E-state index contributed by atoms with van der Waals surface area (Å²) in [6.07, 6.45) is 0. The Balaban J connectivity index is 2.05. The van der Waals surface area contributed by atoms with Crippen molar-refractivity contribution in [3.05, 3.63) is 53.7 Å². The minimum Gasteiger partial charge on any atom is -0.497 e. The maximum absolute atomic E-state index is 13.0. The van der Waals surface area contributed by atoms with Crippen LogP contribution in [0.3, 0.4) is 0 Å². The molecule has 0 aliphatic heterocycles. The van der Waals surface area contributed by atoms with Gasteiger partial charge in [0.25, 0.3) is 5.91 Å². The molecule has 0 radical (unpaired) electrons. The number of anilines is 1. The number of fused-ring (bicyclic) bond motifs is 1. The highest BCUT2D eigenvalue weighted by molar-refractivity contribution is 6.09. The van der Waals surface area contributed by atoms with Gasteiger partial charge in [0.05, 0.1) is 19.9 Å². The second kappa shape index (κ2) is 6.89. The number of rotatable bonds is 5. The lowest BCUT2D eigenvalue weighted by Crippen LogP contribution is -2.18. The predicted molar refractivity (Wildman–Crippen MR) is 99.8 cm³/mol. The quantitative estimate of drug-likeness (QED) is 0.757. The largest absolute Gasteiger partial charge is 0.497 e. The van der Waals surface area contributed by atoms with Crippen LogP contribution in [0.2, 0.25) is 0 Å². The summed E-state index contributed by atoms with van der Waals surface area (Å²) in [6, 6.07) is 13.4. The summed E-state index contributed by atoms with van der Waals surface area (Å²) in [5.41, 5.74) is 3.27. The van der Waals surface area contributed by atoms with Crippen LogP contribution in [0.1, 0.15) is 23.0 Å². The van der Waals surface area contributed by atoms with E-state index in [4.69, 9.17) is 9.47 Å². The number of aryl methyl sites for hydroxylation is 2. The van der Waals surface area contributed by atoms with Crippen molar-refractivity contribution in [1.82, 2.24) is 4.57 Å². The molecule has 5 heteroatoms. The molecule has 0 fully saturated rings. The van der Waals surface area contributed by atoms with Crippen molar-refractivity contribution in [2.45, 2.75) is 20.4 Å². The number of amides is 1. The van der Waals surface area contributed by atoms with Crippen LogP contribution < -0.4 is 14.8 Å². The Morgan fingerprint density at radius 1 is 1.12 bits per heavy atom. The van der Waals surface area contributed by atoms with Crippen LogP contribution in [0.15, 0.2) is 42.5 Å². The fraction of sp³-hybridized carbons (Fsp3) is 0.250. The van der Waals surface area contributed by atoms with Gasteiger partial charge in [0.1, 0.15) is 17.2 Å². The zero-order valence-electron chi connectivity index (χ0n) is 14.9. The first-order valence-corrected chi connectivity index (χ1v) is 8.21. The monoisotopic (exact) mass is 338 g/mol. The van der Waals surface area contributed by atoms with E-state index in [-0.39, 0.29) is 5.91 Å². The molecule has 0 aliphatic rings. The van der Waals surface area contributed by atoms with Gasteiger partial charge in [-0.15, -0.1) is 0 Å². The third-order valence-corrected chi connectivity index (χ3v) is 4.41. The van der Waals surface area contributed by atoms with E-state index < -0.39 is 0 Å². The smallest absolute Gasteiger partial charge is 0.272 e. The van der Waals surface area contributed by atoms with Crippen molar-refractivity contribution in [1.29, 1.82) is 0 Å². The van der Waals surface area contributed by atoms with Gasteiger partial charge < -0.3 is 19.4 Å². The summed E-state index contributed by atoms with van der Waals surface area (Å²) in [7, 11) is 3.16. The predicted octanol–water partition coefficient (Wildman–Crippen LogP) is 4.24. The third-order valence-electron chi connectivity index (χ3n) is 4.41. The number of nitrogens with one attached hydrogen (secondary N) is 1. The summed E-state index contributed by atoms with van der Waals surface area (Å²) < 4.78 is 12.6. The highest BCUT2D eigenvalue weighted by Gasteiger charge is 2.20. The number of benzene rings is 2. The first-order chi connectivity index (χ1) is 12.1. The van der Waals surface area contributed by atoms with Gasteiger partial charge in [-0.1, -0.05) is 18.2 Å². The van der Waals surface area contributed by atoms with Crippen molar-refractivity contribution in [2.24, 2.45) is 0 Å². The van der Waals surface area contributed by atoms with Crippen molar-refractivity contribution in [3.8, 4) is 11.5 Å². The lowest BCUT2D eigenvalue weighted by molar-refractivity contribution is 0.101. The molecule has 0 saturated heterocycles. The Hall–Kier alpha value is -2.95. The number of carbonyl (C=O) groups is 1. The number of carbonyl (C=O) groups excluding carboxylic acids is 1. The normalized spacial score (nSPS) is 10.7. The molecule has 0 spiro atoms. The Morgan fingerprint density at radius 2 is 1.88 bits per heavy atom. The molecular formula is C20H22N2O3. The molecule has 2 aromatic carbocycles. The zero-order valence-corrected chi connectivity index (χ0v) is 14.9. The summed E-state index contributed by atoms with van der Waals surface area (Å²) >= 11 is 0. The van der Waals surface area contributed by atoms with Gasteiger partial charge in [0.15, 0.2) is 0 Å². The van der Waals surface area contributed by atoms with Gasteiger partial charge in [0.2, 0.25) is 0 Å². The van der Waals surface area contributed by atoms with E-state index in [9.17, 15) is 4.79 Å². The van der Waals surface area contributed by atoms with Gasteiger partial charge in [-0.2, -0.15) is 0 Å². The molecule has 0 saturated carbocycles. The highest BCUT2D eigenvalue weighted by atomic mass is 16.5. The van der Waals surface area contributed by atoms with E-state index >= 15 is 0 Å². The zero-order chi connectivity index (χ0) is 18.0. The molecule has 0 bridgehead atoms. The average molecular weight is 338 g/mol. The molecule has 1 aromatic heterocycles. The number of nitrogens with zero attached hydrogens (tertiary/aromatic N) is 1. The summed E-state index contributed by atoms with van der Waals surface area (Å²) in [5.74, 6) is 1.08. The molecule has 0 unspecified atom stereocenters. The van der Waals surface area contributed by atoms with Gasteiger partial charge in [0, 0.05) is 23.5 Å². The molecule has 1 N–H and O–H groups in total. The Labute approximate surface area is 147 Å². The van der Waals surface area contributed by atoms with Gasteiger partial charge in [-0.25, -0.2) is 0 Å². The first kappa shape index (κ1) is 16.9. The molecule has 1 heterocycles. The standard InChI is InChI=1S/C20H22N2O3/c1-5-22-17-9-7-6-8-15(17)13(2)19(22)20(23)21-16-12-14(24-3)10-11-18(16)25-4/h6-12H,5H2,1-4H3,(H,21,23). The maximum atomic E-state index is 13.0. The number of aromatic nitrogens is 1. The van der Waals surface area contributed by atoms with Crippen LogP contribution in [0.25, 0.3) is 10.9 Å². The van der Waals surface area contributed by atoms with Gasteiger partial charge in [-0.05, 0) is 37.6 Å². The Kier molecular flexibility index (Phi) is 4.65. The second-order valence-corrected chi connectivity index (χ2v) is 5.76. The molecule has 3 aromatic rings. The minimum absolute atomic E-state index is 0.165. The minimum atomic E-state index is -0.165. The Morgan fingerprint density at radius 3 is 2.56 bits per heavy atom. The van der Waals surface area contributed by atoms with E-state index in [2.05, 4.69) is 5.32 Å². The fourth-order valence-electron chi connectivity index (χ4n) is 3.19. The van der Waals surface area contributed by atoms with Crippen molar-refractivity contribution >= 4 is 22.5 Å². The molecule has 5 nitrogen and oxygen atoms in total. The van der Waals surface area contributed by atoms with Crippen LogP contribution in [0.5, 0.6) is 11.5 Å². The highest BCUT2D eigenvalue weighted by Crippen LogP contribution is 2.31. The molecule has 3 rings (SSSR count). The van der Waals surface area contributed by atoms with E-state index in [1.54, 1.807) is 32.4 Å². The lowest BCUT2D eigenvalue weighted by atomic mass is 10.1. The van der Waals surface area contributed by atoms with E-state index in [0.29, 0.717) is 29.4 Å². The summed E-state index contributed by atoms with van der Waals surface area (Å²) in [6.45, 7) is 4.73. The van der Waals surface area contributed by atoms with Crippen molar-refractivity contribution in [3.63, 3.8) is 0 Å². The Bertz CT molecular complexity index is 928. The summed E-state index contributed by atoms with van der Waals surface area (Å²) in [5, 5.41) is 4.05. The average Bonchev–Trinajstić information content (AvgIpc) is 2.94. The SMILES string of the molecule is CCn1c(C(=O)Nc2cc(OC)ccc2OC)c(C)c2ccccc21. The van der Waals surface area contributed by atoms with Crippen molar-refractivity contribution in [2.75, 3.05) is 19.5 Å². The molecule has 0 aliphatic carbocycles. The number of methoxy groups -OCH3 is 2. The number of ether oxygens (including phenoxy) is 2. The van der Waals surface area contributed by atoms with Crippen LogP contribution in [0, 0.1) is 6.92 Å². The number of para-hydroxylation sites is 1. The molecule has 1 amide bonds. The lowest BCUT2D eigenvalue weighted by Gasteiger charge is -2.13. The summed E-state index contributed by atoms with van der Waals surface area (Å²) in [4.78, 5) is 13.0. The third kappa shape index (κ3) is 2.93. The van der Waals surface area contributed by atoms with Gasteiger partial charge in [-0.3, -0.25) is 4.79 Å². The molecule has 0 atom stereocenters. The van der Waals surface area contributed by atoms with E-state index in [0.717, 1.165) is 16.5 Å². The fourth-order valence-corrected chi connectivity index (χ4v) is 3.19. The maximum Gasteiger partial charge on any atom is 0.272 e. The van der Waals surface area contributed by atoms with Crippen LogP contribution in [-0.4, -0.2) is 24.7 Å². The van der Waals surface area contributed by atoms with Gasteiger partial charge >= 0.3 is 0 Å². The number of hydrogen-bond acceptors (Lipinski definition) is 3. The first-order valence-electron chi connectivity index (χ1n) is 8.21. The topological polar surface area (TPSA) is 52.5 Å².